The highest BCUT2D eigenvalue weighted by Gasteiger charge is 2.31. The molecule has 0 saturated carbocycles. The van der Waals surface area contributed by atoms with E-state index in [-0.39, 0.29) is 36.2 Å². The third kappa shape index (κ3) is 32.9. The summed E-state index contributed by atoms with van der Waals surface area (Å²) in [5.74, 6) is -1.52. The fourth-order valence-corrected chi connectivity index (χ4v) is 5.55. The normalized spacial score (nSPS) is 13.6. The Morgan fingerprint density at radius 1 is 0.596 bits per heavy atom. The van der Waals surface area contributed by atoms with E-state index < -0.39 is 18.1 Å². The Morgan fingerprint density at radius 2 is 1.08 bits per heavy atom. The molecule has 2 unspecified atom stereocenters. The van der Waals surface area contributed by atoms with E-state index >= 15 is 0 Å². The van der Waals surface area contributed by atoms with Crippen molar-refractivity contribution in [2.45, 2.75) is 161 Å². The van der Waals surface area contributed by atoms with Crippen LogP contribution in [0.15, 0.2) is 60.8 Å². The van der Waals surface area contributed by atoms with Gasteiger partial charge in [0.25, 0.3) is 0 Å². The summed E-state index contributed by atoms with van der Waals surface area (Å²) in [4.78, 5) is 36.9. The summed E-state index contributed by atoms with van der Waals surface area (Å²) < 4.78 is 17.2. The first-order chi connectivity index (χ1) is 25.1. The Kier molecular flexibility index (Phi) is 33.1. The summed E-state index contributed by atoms with van der Waals surface area (Å²) in [6.45, 7) is 4.52. The van der Waals surface area contributed by atoms with Gasteiger partial charge in [-0.1, -0.05) is 132 Å². The zero-order valence-electron chi connectivity index (χ0n) is 33.7. The van der Waals surface area contributed by atoms with Crippen molar-refractivity contribution in [1.82, 2.24) is 0 Å². The SMILES string of the molecule is CC/C=C/C=C/C=C/CCCCCCCC(=O)OCC(COCCC(C(=O)O)[N+](C)(C)C)OC(=O)CCCCCCCC/C=C/C=C/CCCCC. The van der Waals surface area contributed by atoms with E-state index in [9.17, 15) is 19.5 Å². The van der Waals surface area contributed by atoms with Gasteiger partial charge >= 0.3 is 17.9 Å². The van der Waals surface area contributed by atoms with Gasteiger partial charge in [-0.3, -0.25) is 9.59 Å². The molecule has 0 aromatic carbocycles. The van der Waals surface area contributed by atoms with Crippen LogP contribution in [-0.4, -0.2) is 80.6 Å². The van der Waals surface area contributed by atoms with Crippen LogP contribution in [0.3, 0.4) is 0 Å². The lowest BCUT2D eigenvalue weighted by Gasteiger charge is -2.31. The van der Waals surface area contributed by atoms with Gasteiger partial charge in [0.05, 0.1) is 34.4 Å². The van der Waals surface area contributed by atoms with Crippen LogP contribution in [0.4, 0.5) is 0 Å². The second kappa shape index (κ2) is 35.1. The molecule has 8 nitrogen and oxygen atoms in total. The minimum Gasteiger partial charge on any atom is -0.477 e. The van der Waals surface area contributed by atoms with Crippen molar-refractivity contribution < 1.29 is 38.2 Å². The minimum atomic E-state index is -0.883. The van der Waals surface area contributed by atoms with Crippen LogP contribution >= 0.6 is 0 Å². The van der Waals surface area contributed by atoms with Crippen molar-refractivity contribution in [2.75, 3.05) is 41.0 Å². The summed E-state index contributed by atoms with van der Waals surface area (Å²) in [6.07, 6.45) is 41.1. The van der Waals surface area contributed by atoms with Gasteiger partial charge in [0.1, 0.15) is 6.61 Å². The number of hydrogen-bond donors (Lipinski definition) is 1. The first kappa shape index (κ1) is 49.0. The Bertz CT molecular complexity index is 1040. The van der Waals surface area contributed by atoms with E-state index in [1.807, 2.05) is 27.2 Å². The number of nitrogens with zero attached hydrogens (tertiary/aromatic N) is 1. The second-order valence-corrected chi connectivity index (χ2v) is 14.6. The van der Waals surface area contributed by atoms with Crippen LogP contribution in [0.5, 0.6) is 0 Å². The lowest BCUT2D eigenvalue weighted by atomic mass is 10.1. The first-order valence-corrected chi connectivity index (χ1v) is 20.4. The largest absolute Gasteiger partial charge is 0.477 e. The number of esters is 2. The third-order valence-corrected chi connectivity index (χ3v) is 8.74. The molecule has 2 atom stereocenters. The highest BCUT2D eigenvalue weighted by Crippen LogP contribution is 2.13. The number of carbonyl (C=O) groups is 3. The molecule has 0 rings (SSSR count). The predicted octanol–water partition coefficient (Wildman–Crippen LogP) is 10.6. The summed E-state index contributed by atoms with van der Waals surface area (Å²) in [5.41, 5.74) is 0. The number of unbranched alkanes of at least 4 members (excludes halogenated alkanes) is 14. The highest BCUT2D eigenvalue weighted by atomic mass is 16.6. The third-order valence-electron chi connectivity index (χ3n) is 8.74. The van der Waals surface area contributed by atoms with Gasteiger partial charge in [0, 0.05) is 19.3 Å². The Morgan fingerprint density at radius 3 is 1.60 bits per heavy atom. The van der Waals surface area contributed by atoms with Crippen LogP contribution in [-0.2, 0) is 28.6 Å². The number of likely N-dealkylation sites (N-methyl/N-ethyl adjacent to an activating group) is 1. The summed E-state index contributed by atoms with van der Waals surface area (Å²) in [6, 6.07) is -0.621. The second-order valence-electron chi connectivity index (χ2n) is 14.6. The van der Waals surface area contributed by atoms with E-state index in [0.717, 1.165) is 83.5 Å². The molecule has 1 N–H and O–H groups in total. The number of carboxylic acid groups (broad SMARTS) is 1. The molecule has 0 radical (unpaired) electrons. The predicted molar refractivity (Wildman–Crippen MR) is 215 cm³/mol. The summed E-state index contributed by atoms with van der Waals surface area (Å²) in [5, 5.41) is 9.60. The molecule has 0 aliphatic carbocycles. The average molecular weight is 731 g/mol. The number of hydrogen-bond acceptors (Lipinski definition) is 6. The van der Waals surface area contributed by atoms with Crippen molar-refractivity contribution in [1.29, 1.82) is 0 Å². The molecule has 0 aliphatic heterocycles. The van der Waals surface area contributed by atoms with E-state index in [2.05, 4.69) is 68.5 Å². The quantitative estimate of drug-likeness (QED) is 0.0300. The fourth-order valence-electron chi connectivity index (χ4n) is 5.55. The molecule has 0 spiro atoms. The molecule has 0 amide bonds. The maximum absolute atomic E-state index is 12.7. The maximum Gasteiger partial charge on any atom is 0.362 e. The van der Waals surface area contributed by atoms with Crippen LogP contribution in [0.2, 0.25) is 0 Å². The molecule has 0 aromatic heterocycles. The number of ether oxygens (including phenoxy) is 3. The number of carboxylic acids is 1. The number of rotatable bonds is 35. The molecule has 0 saturated heterocycles. The van der Waals surface area contributed by atoms with Gasteiger partial charge in [-0.05, 0) is 57.8 Å². The topological polar surface area (TPSA) is 99.1 Å². The van der Waals surface area contributed by atoms with Crippen LogP contribution < -0.4 is 0 Å². The number of allylic oxidation sites excluding steroid dienone is 10. The van der Waals surface area contributed by atoms with Crippen molar-refractivity contribution in [3.8, 4) is 0 Å². The van der Waals surface area contributed by atoms with Crippen LogP contribution in [0.1, 0.15) is 149 Å². The van der Waals surface area contributed by atoms with Gasteiger partial charge in [-0.2, -0.15) is 0 Å². The molecule has 0 aliphatic rings. The zero-order chi connectivity index (χ0) is 38.5. The van der Waals surface area contributed by atoms with E-state index in [1.54, 1.807) is 0 Å². The van der Waals surface area contributed by atoms with Crippen molar-refractivity contribution in [3.63, 3.8) is 0 Å². The van der Waals surface area contributed by atoms with Gasteiger partial charge in [-0.15, -0.1) is 0 Å². The molecular formula is C44H76NO7+. The fraction of sp³-hybridized carbons (Fsp3) is 0.705. The van der Waals surface area contributed by atoms with Gasteiger partial charge in [0.2, 0.25) is 0 Å². The summed E-state index contributed by atoms with van der Waals surface area (Å²) in [7, 11) is 5.50. The number of quaternary nitrogens is 1. The van der Waals surface area contributed by atoms with Crippen molar-refractivity contribution in [3.05, 3.63) is 60.8 Å². The lowest BCUT2D eigenvalue weighted by molar-refractivity contribution is -0.887. The van der Waals surface area contributed by atoms with Crippen molar-refractivity contribution >= 4 is 17.9 Å². The average Bonchev–Trinajstić information content (AvgIpc) is 3.09. The molecule has 8 heteroatoms. The highest BCUT2D eigenvalue weighted by molar-refractivity contribution is 5.72. The molecule has 0 aromatic rings. The Hall–Kier alpha value is -2.97. The van der Waals surface area contributed by atoms with E-state index in [1.165, 1.54) is 32.1 Å². The molecule has 0 bridgehead atoms. The standard InChI is InChI=1S/C44H75NO7/c1-6-8-10-12-14-16-18-20-21-23-25-27-29-31-33-35-43(47)52-40(38-50-37-36-41(44(48)49)45(3,4)5)39-51-42(46)34-32-30-28-26-24-22-19-17-15-13-11-9-7-2/h9,11,13-20,40-41H,6-8,10,12,21-39H2,1-5H3/p+1/b11-9+,15-13+,16-14+,19-17+,20-18+. The lowest BCUT2D eigenvalue weighted by Crippen LogP contribution is -2.50. The van der Waals surface area contributed by atoms with E-state index in [4.69, 9.17) is 14.2 Å². The summed E-state index contributed by atoms with van der Waals surface area (Å²) >= 11 is 0. The minimum absolute atomic E-state index is 0.0469. The van der Waals surface area contributed by atoms with Gasteiger partial charge in [0.15, 0.2) is 12.1 Å². The molecule has 0 fully saturated rings. The monoisotopic (exact) mass is 731 g/mol. The van der Waals surface area contributed by atoms with Crippen molar-refractivity contribution in [2.24, 2.45) is 0 Å². The van der Waals surface area contributed by atoms with Gasteiger partial charge in [-0.25, -0.2) is 4.79 Å². The zero-order valence-corrected chi connectivity index (χ0v) is 33.7. The number of aliphatic carboxylic acids is 1. The Balaban J connectivity index is 4.45. The maximum atomic E-state index is 12.7. The van der Waals surface area contributed by atoms with Gasteiger partial charge < -0.3 is 23.8 Å². The van der Waals surface area contributed by atoms with E-state index in [0.29, 0.717) is 19.3 Å². The molecule has 0 heterocycles. The first-order valence-electron chi connectivity index (χ1n) is 20.4. The number of carbonyl (C=O) groups excluding carboxylic acids is 2. The molecular weight excluding hydrogens is 654 g/mol. The smallest absolute Gasteiger partial charge is 0.362 e. The molecule has 298 valence electrons. The van der Waals surface area contributed by atoms with Crippen LogP contribution in [0.25, 0.3) is 0 Å². The molecule has 52 heavy (non-hydrogen) atoms. The van der Waals surface area contributed by atoms with Crippen LogP contribution in [0, 0.1) is 0 Å². The Labute approximate surface area is 318 Å².